The first-order chi connectivity index (χ1) is 33.3. The minimum absolute atomic E-state index is 0.0373. The van der Waals surface area contributed by atoms with E-state index in [0.29, 0.717) is 0 Å². The maximum Gasteiger partial charge on any atom is 0.252 e. The Bertz CT molecular complexity index is 3470. The molecule has 0 saturated carbocycles. The summed E-state index contributed by atoms with van der Waals surface area (Å²) in [4.78, 5) is 5.10. The van der Waals surface area contributed by atoms with Gasteiger partial charge >= 0.3 is 0 Å². The zero-order valence-corrected chi connectivity index (χ0v) is 39.0. The third kappa shape index (κ3) is 7.23. The second-order valence-electron chi connectivity index (χ2n) is 19.4. The Hall–Kier alpha value is -8.14. The molecule has 68 heavy (non-hydrogen) atoms. The summed E-state index contributed by atoms with van der Waals surface area (Å²) in [6.45, 7) is 9.07. The van der Waals surface area contributed by atoms with Gasteiger partial charge in [0, 0.05) is 34.0 Å². The van der Waals surface area contributed by atoms with Crippen molar-refractivity contribution in [2.24, 2.45) is 0 Å². The van der Waals surface area contributed by atoms with Crippen molar-refractivity contribution in [3.8, 4) is 55.6 Å². The van der Waals surface area contributed by atoms with Crippen LogP contribution in [0, 0.1) is 6.92 Å². The number of nitrogens with zero attached hydrogens (tertiary/aromatic N) is 2. The van der Waals surface area contributed by atoms with E-state index in [2.05, 4.69) is 274 Å². The van der Waals surface area contributed by atoms with E-state index < -0.39 is 0 Å². The van der Waals surface area contributed by atoms with Gasteiger partial charge in [-0.05, 0) is 138 Å². The van der Waals surface area contributed by atoms with E-state index in [1.54, 1.807) is 0 Å². The number of aryl methyl sites for hydroxylation is 1. The van der Waals surface area contributed by atoms with Crippen LogP contribution in [0.15, 0.2) is 237 Å². The van der Waals surface area contributed by atoms with Crippen LogP contribution in [-0.2, 0) is 5.41 Å². The molecule has 324 valence electrons. The number of anilines is 6. The zero-order valence-electron chi connectivity index (χ0n) is 39.0. The van der Waals surface area contributed by atoms with E-state index in [1.807, 2.05) is 0 Å². The number of hydrogen-bond donors (Lipinski definition) is 0. The second kappa shape index (κ2) is 16.6. The largest absolute Gasteiger partial charge is 0.311 e. The summed E-state index contributed by atoms with van der Waals surface area (Å²) in [5.74, 6) is 0. The average Bonchev–Trinajstić information content (AvgIpc) is 3.39. The molecule has 2 aliphatic heterocycles. The Morgan fingerprint density at radius 1 is 0.324 bits per heavy atom. The summed E-state index contributed by atoms with van der Waals surface area (Å²) in [5, 5.41) is 0. The molecule has 0 saturated heterocycles. The molecule has 0 aromatic heterocycles. The third-order valence-corrected chi connectivity index (χ3v) is 14.1. The van der Waals surface area contributed by atoms with E-state index in [1.165, 1.54) is 106 Å². The fourth-order valence-corrected chi connectivity index (χ4v) is 10.7. The quantitative estimate of drug-likeness (QED) is 0.147. The van der Waals surface area contributed by atoms with Gasteiger partial charge < -0.3 is 9.80 Å². The van der Waals surface area contributed by atoms with Crippen LogP contribution >= 0.6 is 0 Å². The molecule has 2 aliphatic rings. The van der Waals surface area contributed by atoms with Crippen molar-refractivity contribution >= 4 is 57.2 Å². The van der Waals surface area contributed by atoms with Crippen LogP contribution in [0.5, 0.6) is 0 Å². The molecule has 0 unspecified atom stereocenters. The van der Waals surface area contributed by atoms with Crippen LogP contribution in [0.25, 0.3) is 55.6 Å². The Morgan fingerprint density at radius 2 is 0.706 bits per heavy atom. The lowest BCUT2D eigenvalue weighted by atomic mass is 9.33. The highest BCUT2D eigenvalue weighted by atomic mass is 15.2. The van der Waals surface area contributed by atoms with Crippen LogP contribution < -0.4 is 26.2 Å². The summed E-state index contributed by atoms with van der Waals surface area (Å²) in [6, 6.07) is 87.9. The molecule has 0 atom stereocenters. The first kappa shape index (κ1) is 41.3. The van der Waals surface area contributed by atoms with Crippen molar-refractivity contribution < 1.29 is 0 Å². The van der Waals surface area contributed by atoms with E-state index >= 15 is 0 Å². The van der Waals surface area contributed by atoms with Gasteiger partial charge in [-0.2, -0.15) is 0 Å². The second-order valence-corrected chi connectivity index (χ2v) is 19.4. The van der Waals surface area contributed by atoms with Crippen LogP contribution in [-0.4, -0.2) is 6.71 Å². The maximum absolute atomic E-state index is 2.58. The first-order valence-corrected chi connectivity index (χ1v) is 23.9. The summed E-state index contributed by atoms with van der Waals surface area (Å²) < 4.78 is 0. The summed E-state index contributed by atoms with van der Waals surface area (Å²) in [5.41, 5.74) is 25.5. The molecule has 12 rings (SSSR count). The molecule has 3 heteroatoms. The normalized spacial score (nSPS) is 12.6. The van der Waals surface area contributed by atoms with Crippen molar-refractivity contribution in [3.63, 3.8) is 0 Å². The fraction of sp³-hybridized carbons (Fsp3) is 0.0769. The smallest absolute Gasteiger partial charge is 0.252 e. The topological polar surface area (TPSA) is 6.48 Å². The van der Waals surface area contributed by atoms with Gasteiger partial charge in [-0.15, -0.1) is 0 Å². The van der Waals surface area contributed by atoms with E-state index in [4.69, 9.17) is 0 Å². The predicted molar refractivity (Wildman–Crippen MR) is 291 cm³/mol. The van der Waals surface area contributed by atoms with Gasteiger partial charge in [-0.3, -0.25) is 0 Å². The molecule has 10 aromatic rings. The molecule has 2 nitrogen and oxygen atoms in total. The summed E-state index contributed by atoms with van der Waals surface area (Å²) in [7, 11) is 0. The SMILES string of the molecule is Cc1cc2c3c(c1)N(c1ccc(-c4ccccc4)cc1-c1ccc(C(C)(C)C)cc1)c1ccc(-c4ccccc4)cc1B3c1cc(-c3ccccc3)ccc1N2c1ccc(-c2ccccc2)cc1. The molecule has 0 amide bonds. The average molecular weight is 871 g/mol. The van der Waals surface area contributed by atoms with E-state index in [-0.39, 0.29) is 12.1 Å². The van der Waals surface area contributed by atoms with Crippen molar-refractivity contribution in [2.75, 3.05) is 9.80 Å². The molecule has 0 bridgehead atoms. The van der Waals surface area contributed by atoms with Gasteiger partial charge in [0.15, 0.2) is 0 Å². The molecule has 10 aromatic carbocycles. The van der Waals surface area contributed by atoms with E-state index in [0.717, 1.165) is 11.4 Å². The minimum atomic E-state index is -0.0490. The molecular formula is C65H51BN2. The van der Waals surface area contributed by atoms with Crippen LogP contribution in [0.2, 0.25) is 0 Å². The van der Waals surface area contributed by atoms with Gasteiger partial charge in [0.25, 0.3) is 6.71 Å². The van der Waals surface area contributed by atoms with Gasteiger partial charge in [0.1, 0.15) is 0 Å². The zero-order chi connectivity index (χ0) is 45.9. The van der Waals surface area contributed by atoms with E-state index in [9.17, 15) is 0 Å². The van der Waals surface area contributed by atoms with Crippen molar-refractivity contribution in [3.05, 3.63) is 248 Å². The Morgan fingerprint density at radius 3 is 1.19 bits per heavy atom. The van der Waals surface area contributed by atoms with Gasteiger partial charge in [-0.25, -0.2) is 0 Å². The fourth-order valence-electron chi connectivity index (χ4n) is 10.7. The first-order valence-electron chi connectivity index (χ1n) is 23.9. The van der Waals surface area contributed by atoms with Crippen molar-refractivity contribution in [2.45, 2.75) is 33.1 Å². The molecule has 0 spiro atoms. The number of hydrogen-bond acceptors (Lipinski definition) is 2. The number of rotatable bonds is 7. The lowest BCUT2D eigenvalue weighted by Gasteiger charge is -2.45. The number of fused-ring (bicyclic) bond motifs is 4. The van der Waals surface area contributed by atoms with Crippen LogP contribution in [0.3, 0.4) is 0 Å². The standard InChI is InChI=1S/C65H51BN2/c1-44-39-62-64-63(40-44)68(59-36-29-51(46-19-11-6-12-20-46)41-56(59)50-25-32-54(33-26-50)65(2,3)4)61-38-31-53(48-23-15-8-16-24-48)43-58(61)66(64)57-42-52(47-21-13-7-14-22-47)30-37-60(57)67(62)55-34-27-49(28-35-55)45-17-9-5-10-18-45/h5-43H,1-4H3. The van der Waals surface area contributed by atoms with Crippen LogP contribution in [0.1, 0.15) is 31.9 Å². The summed E-state index contributed by atoms with van der Waals surface area (Å²) >= 11 is 0. The van der Waals surface area contributed by atoms with Gasteiger partial charge in [0.2, 0.25) is 0 Å². The molecule has 0 N–H and O–H groups in total. The predicted octanol–water partition coefficient (Wildman–Crippen LogP) is 15.7. The molecule has 2 heterocycles. The molecular weight excluding hydrogens is 820 g/mol. The Balaban J connectivity index is 1.14. The third-order valence-electron chi connectivity index (χ3n) is 14.1. The minimum Gasteiger partial charge on any atom is -0.311 e. The van der Waals surface area contributed by atoms with Gasteiger partial charge in [-0.1, -0.05) is 209 Å². The highest BCUT2D eigenvalue weighted by Gasteiger charge is 2.44. The Kier molecular flexibility index (Phi) is 10.1. The van der Waals surface area contributed by atoms with Crippen molar-refractivity contribution in [1.82, 2.24) is 0 Å². The lowest BCUT2D eigenvalue weighted by Crippen LogP contribution is -2.61. The van der Waals surface area contributed by atoms with Crippen molar-refractivity contribution in [1.29, 1.82) is 0 Å². The number of benzene rings is 10. The van der Waals surface area contributed by atoms with Crippen LogP contribution in [0.4, 0.5) is 34.1 Å². The van der Waals surface area contributed by atoms with Gasteiger partial charge in [0.05, 0.1) is 5.69 Å². The highest BCUT2D eigenvalue weighted by molar-refractivity contribution is 7.00. The molecule has 0 fully saturated rings. The monoisotopic (exact) mass is 870 g/mol. The molecule has 0 radical (unpaired) electrons. The Labute approximate surface area is 401 Å². The molecule has 0 aliphatic carbocycles. The summed E-state index contributed by atoms with van der Waals surface area (Å²) in [6.07, 6.45) is 0. The lowest BCUT2D eigenvalue weighted by molar-refractivity contribution is 0.590. The maximum atomic E-state index is 2.58. The highest BCUT2D eigenvalue weighted by Crippen LogP contribution is 2.48.